The Balaban J connectivity index is 1.39. The molecule has 1 heterocycles. The molecule has 11 heteroatoms. The molecule has 0 radical (unpaired) electrons. The van der Waals surface area contributed by atoms with Gasteiger partial charge >= 0.3 is 0 Å². The summed E-state index contributed by atoms with van der Waals surface area (Å²) in [6, 6.07) is 18.3. The van der Waals surface area contributed by atoms with Gasteiger partial charge in [0, 0.05) is 17.8 Å². The number of rotatable bonds is 8. The first-order valence-electron chi connectivity index (χ1n) is 11.0. The van der Waals surface area contributed by atoms with Crippen LogP contribution in [0.4, 0.5) is 16.2 Å². The van der Waals surface area contributed by atoms with Crippen molar-refractivity contribution in [3.05, 3.63) is 103 Å². The van der Waals surface area contributed by atoms with Gasteiger partial charge < -0.3 is 10.1 Å². The van der Waals surface area contributed by atoms with Crippen molar-refractivity contribution in [3.63, 3.8) is 0 Å². The van der Waals surface area contributed by atoms with Gasteiger partial charge in [-0.1, -0.05) is 35.9 Å². The van der Waals surface area contributed by atoms with Crippen molar-refractivity contribution in [3.8, 4) is 5.75 Å². The number of ether oxygens (including phenoxy) is 1. The van der Waals surface area contributed by atoms with Crippen LogP contribution in [0.15, 0.2) is 76.1 Å². The topological polar surface area (TPSA) is 119 Å². The largest absolute Gasteiger partial charge is 0.483 e. The SMILES string of the molecule is Cc1ccc(NC(=O)COc2ccc(/C=C3/SC(=O)N(Cc4cccc([N+](=O)[O-])c4)C3=O)cc2Br)cc1. The molecule has 1 saturated heterocycles. The van der Waals surface area contributed by atoms with Gasteiger partial charge in [-0.05, 0) is 76.1 Å². The molecule has 37 heavy (non-hydrogen) atoms. The lowest BCUT2D eigenvalue weighted by Crippen LogP contribution is -2.27. The van der Waals surface area contributed by atoms with Gasteiger partial charge in [0.05, 0.1) is 20.8 Å². The number of nitro groups is 1. The van der Waals surface area contributed by atoms with Gasteiger partial charge in [-0.2, -0.15) is 0 Å². The van der Waals surface area contributed by atoms with Crippen LogP contribution in [-0.2, 0) is 16.1 Å². The molecule has 4 rings (SSSR count). The number of nitro benzene ring substituents is 1. The maximum absolute atomic E-state index is 12.8. The van der Waals surface area contributed by atoms with Crippen LogP contribution in [-0.4, -0.2) is 33.5 Å². The van der Waals surface area contributed by atoms with Gasteiger partial charge in [-0.25, -0.2) is 0 Å². The van der Waals surface area contributed by atoms with Gasteiger partial charge in [0.1, 0.15) is 5.75 Å². The van der Waals surface area contributed by atoms with Crippen LogP contribution < -0.4 is 10.1 Å². The first-order chi connectivity index (χ1) is 17.7. The first-order valence-corrected chi connectivity index (χ1v) is 12.6. The van der Waals surface area contributed by atoms with E-state index < -0.39 is 16.1 Å². The number of anilines is 1. The number of non-ortho nitro benzene ring substituents is 1. The molecule has 0 aliphatic carbocycles. The predicted molar refractivity (Wildman–Crippen MR) is 144 cm³/mol. The maximum Gasteiger partial charge on any atom is 0.293 e. The van der Waals surface area contributed by atoms with Gasteiger partial charge in [0.25, 0.3) is 22.7 Å². The molecule has 3 amide bonds. The summed E-state index contributed by atoms with van der Waals surface area (Å²) in [6.45, 7) is 1.70. The van der Waals surface area contributed by atoms with E-state index in [0.717, 1.165) is 22.2 Å². The zero-order valence-corrected chi connectivity index (χ0v) is 21.9. The van der Waals surface area contributed by atoms with E-state index in [1.54, 1.807) is 30.3 Å². The summed E-state index contributed by atoms with van der Waals surface area (Å²) < 4.78 is 6.18. The van der Waals surface area contributed by atoms with Crippen LogP contribution in [0.1, 0.15) is 16.7 Å². The molecule has 0 atom stereocenters. The molecule has 188 valence electrons. The van der Waals surface area contributed by atoms with Crippen molar-refractivity contribution in [1.82, 2.24) is 4.90 Å². The minimum absolute atomic E-state index is 0.0647. The Bertz CT molecular complexity index is 1420. The van der Waals surface area contributed by atoms with E-state index >= 15 is 0 Å². The Labute approximate surface area is 224 Å². The van der Waals surface area contributed by atoms with E-state index in [1.165, 1.54) is 18.2 Å². The number of halogens is 1. The minimum Gasteiger partial charge on any atom is -0.483 e. The Hall–Kier alpha value is -3.96. The highest BCUT2D eigenvalue weighted by molar-refractivity contribution is 9.10. The molecule has 0 aromatic heterocycles. The normalized spacial score (nSPS) is 14.2. The lowest BCUT2D eigenvalue weighted by molar-refractivity contribution is -0.384. The highest BCUT2D eigenvalue weighted by Gasteiger charge is 2.35. The molecule has 1 fully saturated rings. The minimum atomic E-state index is -0.529. The second-order valence-corrected chi connectivity index (χ2v) is 9.94. The smallest absolute Gasteiger partial charge is 0.293 e. The number of nitrogens with one attached hydrogen (secondary N) is 1. The van der Waals surface area contributed by atoms with Crippen molar-refractivity contribution in [2.75, 3.05) is 11.9 Å². The molecule has 1 aliphatic heterocycles. The van der Waals surface area contributed by atoms with E-state index in [4.69, 9.17) is 4.74 Å². The predicted octanol–water partition coefficient (Wildman–Crippen LogP) is 5.92. The van der Waals surface area contributed by atoms with Crippen molar-refractivity contribution < 1.29 is 24.0 Å². The number of amides is 3. The summed E-state index contributed by atoms with van der Waals surface area (Å²) in [6.07, 6.45) is 1.58. The van der Waals surface area contributed by atoms with Crippen molar-refractivity contribution >= 4 is 62.2 Å². The van der Waals surface area contributed by atoms with Gasteiger partial charge in [0.15, 0.2) is 6.61 Å². The molecule has 0 bridgehead atoms. The molecular weight excluding hydrogens is 562 g/mol. The summed E-state index contributed by atoms with van der Waals surface area (Å²) in [5.74, 6) is -0.349. The molecule has 0 saturated carbocycles. The zero-order chi connectivity index (χ0) is 26.5. The number of thioether (sulfide) groups is 1. The van der Waals surface area contributed by atoms with Crippen LogP contribution in [0.2, 0.25) is 0 Å². The Morgan fingerprint density at radius 1 is 1.14 bits per heavy atom. The highest BCUT2D eigenvalue weighted by Crippen LogP contribution is 2.35. The van der Waals surface area contributed by atoms with E-state index in [1.807, 2.05) is 31.2 Å². The van der Waals surface area contributed by atoms with E-state index in [0.29, 0.717) is 27.0 Å². The average Bonchev–Trinajstić information content (AvgIpc) is 3.12. The maximum atomic E-state index is 12.8. The first kappa shape index (κ1) is 26.1. The number of hydrogen-bond acceptors (Lipinski definition) is 7. The summed E-state index contributed by atoms with van der Waals surface area (Å²) in [5, 5.41) is 13.3. The monoisotopic (exact) mass is 581 g/mol. The standard InChI is InChI=1S/C26H20BrN3O6S/c1-16-5-8-19(9-6-16)28-24(31)15-36-22-10-7-17(12-21(22)27)13-23-25(32)29(26(33)37-23)14-18-3-2-4-20(11-18)30(34)35/h2-13H,14-15H2,1H3,(H,28,31)/b23-13+. The molecule has 3 aromatic carbocycles. The number of nitrogens with zero attached hydrogens (tertiary/aromatic N) is 2. The average molecular weight is 582 g/mol. The number of benzene rings is 3. The molecular formula is C26H20BrN3O6S. The molecule has 1 aliphatic rings. The lowest BCUT2D eigenvalue weighted by Gasteiger charge is -2.12. The van der Waals surface area contributed by atoms with Gasteiger partial charge in [0.2, 0.25) is 0 Å². The van der Waals surface area contributed by atoms with Crippen LogP contribution in [0.3, 0.4) is 0 Å². The second kappa shape index (κ2) is 11.4. The molecule has 0 spiro atoms. The Morgan fingerprint density at radius 3 is 2.59 bits per heavy atom. The molecule has 0 unspecified atom stereocenters. The van der Waals surface area contributed by atoms with Crippen molar-refractivity contribution in [1.29, 1.82) is 0 Å². The zero-order valence-electron chi connectivity index (χ0n) is 19.5. The number of carbonyl (C=O) groups is 3. The quantitative estimate of drug-likeness (QED) is 0.199. The van der Waals surface area contributed by atoms with Crippen molar-refractivity contribution in [2.24, 2.45) is 0 Å². The fraction of sp³-hybridized carbons (Fsp3) is 0.115. The summed E-state index contributed by atoms with van der Waals surface area (Å²) >= 11 is 4.21. The van der Waals surface area contributed by atoms with Crippen molar-refractivity contribution in [2.45, 2.75) is 13.5 Å². The fourth-order valence-electron chi connectivity index (χ4n) is 3.44. The second-order valence-electron chi connectivity index (χ2n) is 8.09. The van der Waals surface area contributed by atoms with Crippen LogP contribution in [0.25, 0.3) is 6.08 Å². The van der Waals surface area contributed by atoms with Crippen LogP contribution >= 0.6 is 27.7 Å². The third kappa shape index (κ3) is 6.63. The van der Waals surface area contributed by atoms with Crippen LogP contribution in [0.5, 0.6) is 5.75 Å². The van der Waals surface area contributed by atoms with Gasteiger partial charge in [-0.3, -0.25) is 29.4 Å². The number of hydrogen-bond donors (Lipinski definition) is 1. The van der Waals surface area contributed by atoms with E-state index in [9.17, 15) is 24.5 Å². The summed E-state index contributed by atoms with van der Waals surface area (Å²) in [5.41, 5.74) is 2.77. The fourth-order valence-corrected chi connectivity index (χ4v) is 4.79. The highest BCUT2D eigenvalue weighted by atomic mass is 79.9. The summed E-state index contributed by atoms with van der Waals surface area (Å²) in [7, 11) is 0. The third-order valence-electron chi connectivity index (χ3n) is 5.28. The van der Waals surface area contributed by atoms with Gasteiger partial charge in [-0.15, -0.1) is 0 Å². The third-order valence-corrected chi connectivity index (χ3v) is 6.81. The molecule has 3 aromatic rings. The van der Waals surface area contributed by atoms with E-state index in [-0.39, 0.29) is 29.7 Å². The van der Waals surface area contributed by atoms with Crippen LogP contribution in [0, 0.1) is 17.0 Å². The Morgan fingerprint density at radius 2 is 1.89 bits per heavy atom. The Kier molecular flexibility index (Phi) is 8.04. The lowest BCUT2D eigenvalue weighted by atomic mass is 10.2. The molecule has 1 N–H and O–H groups in total. The number of aryl methyl sites for hydroxylation is 1. The summed E-state index contributed by atoms with van der Waals surface area (Å²) in [4.78, 5) is 49.2. The number of carbonyl (C=O) groups excluding carboxylic acids is 3. The number of imide groups is 1. The molecule has 9 nitrogen and oxygen atoms in total. The van der Waals surface area contributed by atoms with E-state index in [2.05, 4.69) is 21.2 Å².